The van der Waals surface area contributed by atoms with Crippen molar-refractivity contribution in [1.82, 2.24) is 5.32 Å². The number of aryl methyl sites for hydroxylation is 2. The Morgan fingerprint density at radius 1 is 1.32 bits per heavy atom. The predicted octanol–water partition coefficient (Wildman–Crippen LogP) is 1.95. The SMILES string of the molecule is CC(=O)N(CCNC(=O)C1CCCO1)c1c(C)cccc1C. The van der Waals surface area contributed by atoms with Gasteiger partial charge in [0.25, 0.3) is 0 Å². The summed E-state index contributed by atoms with van der Waals surface area (Å²) in [5.74, 6) is -0.105. The van der Waals surface area contributed by atoms with Crippen molar-refractivity contribution in [3.8, 4) is 0 Å². The van der Waals surface area contributed by atoms with Gasteiger partial charge in [-0.2, -0.15) is 0 Å². The van der Waals surface area contributed by atoms with E-state index < -0.39 is 0 Å². The first-order chi connectivity index (χ1) is 10.5. The highest BCUT2D eigenvalue weighted by atomic mass is 16.5. The van der Waals surface area contributed by atoms with Crippen LogP contribution in [-0.2, 0) is 14.3 Å². The van der Waals surface area contributed by atoms with Gasteiger partial charge in [0.1, 0.15) is 6.10 Å². The minimum atomic E-state index is -0.328. The maximum atomic E-state index is 12.0. The van der Waals surface area contributed by atoms with Gasteiger partial charge in [0, 0.05) is 32.3 Å². The van der Waals surface area contributed by atoms with Crippen molar-refractivity contribution in [2.75, 3.05) is 24.6 Å². The van der Waals surface area contributed by atoms with Crippen LogP contribution in [0.15, 0.2) is 18.2 Å². The summed E-state index contributed by atoms with van der Waals surface area (Å²) in [5, 5.41) is 2.86. The van der Waals surface area contributed by atoms with Crippen molar-refractivity contribution in [2.24, 2.45) is 0 Å². The van der Waals surface area contributed by atoms with Gasteiger partial charge in [0.2, 0.25) is 11.8 Å². The monoisotopic (exact) mass is 304 g/mol. The van der Waals surface area contributed by atoms with Gasteiger partial charge >= 0.3 is 0 Å². The number of benzene rings is 1. The van der Waals surface area contributed by atoms with Gasteiger partial charge in [0.05, 0.1) is 0 Å². The molecular weight excluding hydrogens is 280 g/mol. The van der Waals surface area contributed by atoms with E-state index in [-0.39, 0.29) is 17.9 Å². The Morgan fingerprint density at radius 3 is 2.55 bits per heavy atom. The number of anilines is 1. The van der Waals surface area contributed by atoms with Crippen molar-refractivity contribution in [3.05, 3.63) is 29.3 Å². The summed E-state index contributed by atoms with van der Waals surface area (Å²) in [5.41, 5.74) is 3.04. The van der Waals surface area contributed by atoms with E-state index >= 15 is 0 Å². The summed E-state index contributed by atoms with van der Waals surface area (Å²) in [6, 6.07) is 5.96. The summed E-state index contributed by atoms with van der Waals surface area (Å²) in [6.07, 6.45) is 1.38. The first-order valence-electron chi connectivity index (χ1n) is 7.74. The van der Waals surface area contributed by atoms with Crippen LogP contribution >= 0.6 is 0 Å². The number of rotatable bonds is 5. The molecule has 1 aliphatic rings. The van der Waals surface area contributed by atoms with Crippen molar-refractivity contribution in [2.45, 2.75) is 39.7 Å². The normalized spacial score (nSPS) is 17.3. The summed E-state index contributed by atoms with van der Waals surface area (Å²) < 4.78 is 5.35. The fourth-order valence-corrected chi connectivity index (χ4v) is 2.85. The van der Waals surface area contributed by atoms with E-state index in [4.69, 9.17) is 4.74 Å². The fourth-order valence-electron chi connectivity index (χ4n) is 2.85. The van der Waals surface area contributed by atoms with Crippen molar-refractivity contribution < 1.29 is 14.3 Å². The van der Waals surface area contributed by atoms with Crippen LogP contribution in [0, 0.1) is 13.8 Å². The number of hydrogen-bond acceptors (Lipinski definition) is 3. The van der Waals surface area contributed by atoms with Crippen LogP contribution in [0.1, 0.15) is 30.9 Å². The minimum Gasteiger partial charge on any atom is -0.368 e. The van der Waals surface area contributed by atoms with Crippen LogP contribution in [0.25, 0.3) is 0 Å². The highest BCUT2D eigenvalue weighted by Crippen LogP contribution is 2.24. The Morgan fingerprint density at radius 2 is 2.00 bits per heavy atom. The molecule has 0 radical (unpaired) electrons. The van der Waals surface area contributed by atoms with Crippen LogP contribution in [0.3, 0.4) is 0 Å². The molecule has 1 aromatic carbocycles. The number of nitrogens with one attached hydrogen (secondary N) is 1. The molecule has 0 bridgehead atoms. The van der Waals surface area contributed by atoms with Crippen LogP contribution in [0.5, 0.6) is 0 Å². The summed E-state index contributed by atoms with van der Waals surface area (Å²) in [6.45, 7) is 7.06. The molecule has 22 heavy (non-hydrogen) atoms. The Labute approximate surface area is 131 Å². The van der Waals surface area contributed by atoms with Gasteiger partial charge in [-0.1, -0.05) is 18.2 Å². The van der Waals surface area contributed by atoms with Crippen LogP contribution in [-0.4, -0.2) is 37.6 Å². The number of hydrogen-bond donors (Lipinski definition) is 1. The molecule has 1 aromatic rings. The zero-order valence-electron chi connectivity index (χ0n) is 13.5. The number of carbonyl (C=O) groups excluding carboxylic acids is 2. The topological polar surface area (TPSA) is 58.6 Å². The van der Waals surface area contributed by atoms with E-state index in [0.29, 0.717) is 19.7 Å². The van der Waals surface area contributed by atoms with Crippen LogP contribution < -0.4 is 10.2 Å². The van der Waals surface area contributed by atoms with E-state index in [2.05, 4.69) is 5.32 Å². The average Bonchev–Trinajstić information content (AvgIpc) is 2.99. The van der Waals surface area contributed by atoms with Crippen LogP contribution in [0.4, 0.5) is 5.69 Å². The van der Waals surface area contributed by atoms with Crippen molar-refractivity contribution >= 4 is 17.5 Å². The predicted molar refractivity (Wildman–Crippen MR) is 85.9 cm³/mol. The second kappa shape index (κ2) is 7.40. The molecule has 0 saturated carbocycles. The standard InChI is InChI=1S/C17H24N2O3/c1-12-6-4-7-13(2)16(12)19(14(3)20)10-9-18-17(21)15-8-5-11-22-15/h4,6-7,15H,5,8-11H2,1-3H3,(H,18,21). The van der Waals surface area contributed by atoms with E-state index in [1.165, 1.54) is 0 Å². The lowest BCUT2D eigenvalue weighted by atomic mass is 10.1. The molecule has 1 N–H and O–H groups in total. The lowest BCUT2D eigenvalue weighted by Gasteiger charge is -2.25. The Balaban J connectivity index is 1.98. The minimum absolute atomic E-state index is 0.0243. The molecule has 0 aliphatic carbocycles. The lowest BCUT2D eigenvalue weighted by Crippen LogP contribution is -2.41. The molecular formula is C17H24N2O3. The summed E-state index contributed by atoms with van der Waals surface area (Å²) in [7, 11) is 0. The quantitative estimate of drug-likeness (QED) is 0.904. The number of amides is 2. The largest absolute Gasteiger partial charge is 0.368 e. The molecule has 1 unspecified atom stereocenters. The van der Waals surface area contributed by atoms with E-state index in [9.17, 15) is 9.59 Å². The molecule has 1 aliphatic heterocycles. The molecule has 120 valence electrons. The van der Waals surface area contributed by atoms with Gasteiger partial charge in [-0.3, -0.25) is 9.59 Å². The zero-order chi connectivity index (χ0) is 16.1. The number of para-hydroxylation sites is 1. The molecule has 1 atom stereocenters. The molecule has 2 rings (SSSR count). The highest BCUT2D eigenvalue weighted by Gasteiger charge is 2.23. The summed E-state index contributed by atoms with van der Waals surface area (Å²) in [4.78, 5) is 25.6. The molecule has 0 spiro atoms. The van der Waals surface area contributed by atoms with Crippen LogP contribution in [0.2, 0.25) is 0 Å². The molecule has 5 nitrogen and oxygen atoms in total. The molecule has 1 saturated heterocycles. The zero-order valence-corrected chi connectivity index (χ0v) is 13.5. The molecule has 0 aromatic heterocycles. The Hall–Kier alpha value is -1.88. The number of carbonyl (C=O) groups is 2. The third-order valence-corrected chi connectivity index (χ3v) is 3.95. The second-order valence-corrected chi connectivity index (χ2v) is 5.70. The maximum Gasteiger partial charge on any atom is 0.249 e. The maximum absolute atomic E-state index is 12.0. The third kappa shape index (κ3) is 3.85. The van der Waals surface area contributed by atoms with Crippen molar-refractivity contribution in [3.63, 3.8) is 0 Å². The second-order valence-electron chi connectivity index (χ2n) is 5.70. The lowest BCUT2D eigenvalue weighted by molar-refractivity contribution is -0.130. The van der Waals surface area contributed by atoms with E-state index in [0.717, 1.165) is 29.7 Å². The third-order valence-electron chi connectivity index (χ3n) is 3.95. The highest BCUT2D eigenvalue weighted by molar-refractivity contribution is 5.93. The van der Waals surface area contributed by atoms with Gasteiger partial charge in [-0.05, 0) is 37.8 Å². The summed E-state index contributed by atoms with van der Waals surface area (Å²) >= 11 is 0. The van der Waals surface area contributed by atoms with Gasteiger partial charge in [-0.15, -0.1) is 0 Å². The van der Waals surface area contributed by atoms with E-state index in [1.54, 1.807) is 11.8 Å². The molecule has 5 heteroatoms. The smallest absolute Gasteiger partial charge is 0.249 e. The molecule has 1 heterocycles. The Bertz CT molecular complexity index is 531. The number of ether oxygens (including phenoxy) is 1. The average molecular weight is 304 g/mol. The first-order valence-corrected chi connectivity index (χ1v) is 7.74. The fraction of sp³-hybridized carbons (Fsp3) is 0.529. The first kappa shape index (κ1) is 16.5. The van der Waals surface area contributed by atoms with Gasteiger partial charge in [-0.25, -0.2) is 0 Å². The van der Waals surface area contributed by atoms with Crippen molar-refractivity contribution in [1.29, 1.82) is 0 Å². The van der Waals surface area contributed by atoms with Gasteiger partial charge in [0.15, 0.2) is 0 Å². The number of nitrogens with zero attached hydrogens (tertiary/aromatic N) is 1. The molecule has 2 amide bonds. The Kier molecular flexibility index (Phi) is 5.55. The van der Waals surface area contributed by atoms with E-state index in [1.807, 2.05) is 32.0 Å². The van der Waals surface area contributed by atoms with Gasteiger partial charge < -0.3 is 15.0 Å². The molecule has 1 fully saturated rings.